The third kappa shape index (κ3) is 5.32. The summed E-state index contributed by atoms with van der Waals surface area (Å²) in [6.45, 7) is 7.73. The van der Waals surface area contributed by atoms with Crippen LogP contribution in [0.15, 0.2) is 6.07 Å². The van der Waals surface area contributed by atoms with Gasteiger partial charge in [-0.3, -0.25) is 0 Å². The molecule has 0 aliphatic heterocycles. The highest BCUT2D eigenvalue weighted by atomic mass is 32.2. The fraction of sp³-hybridized carbons (Fsp3) is 0.643. The van der Waals surface area contributed by atoms with Crippen LogP contribution in [0.4, 0.5) is 4.79 Å². The number of sulfone groups is 1. The summed E-state index contributed by atoms with van der Waals surface area (Å²) < 4.78 is 22.6. The standard InChI is InChI=1S/C14H24N2O3S2/c1-9(8-21(6,18)19)16(5)14(17)15-11(3)13-7-10(2)20-12(13)4/h7,9,11H,8H2,1-6H3,(H,15,17)/t9-,11-/m1/s1. The van der Waals surface area contributed by atoms with Gasteiger partial charge in [-0.1, -0.05) is 0 Å². The number of carbonyl (C=O) groups is 1. The number of urea groups is 1. The molecule has 0 saturated heterocycles. The predicted octanol–water partition coefficient (Wildman–Crippen LogP) is 2.50. The number of thiophene rings is 1. The molecule has 5 nitrogen and oxygen atoms in total. The molecule has 1 aromatic heterocycles. The average molecular weight is 332 g/mol. The Balaban J connectivity index is 2.70. The maximum atomic E-state index is 12.2. The van der Waals surface area contributed by atoms with Crippen molar-refractivity contribution in [1.82, 2.24) is 10.2 Å². The third-order valence-electron chi connectivity index (χ3n) is 3.41. The first-order valence-corrected chi connectivity index (χ1v) is 9.67. The van der Waals surface area contributed by atoms with Gasteiger partial charge in [-0.2, -0.15) is 0 Å². The minimum Gasteiger partial charge on any atom is -0.331 e. The zero-order valence-corrected chi connectivity index (χ0v) is 15.1. The first kappa shape index (κ1) is 18.0. The smallest absolute Gasteiger partial charge is 0.317 e. The minimum atomic E-state index is -3.11. The molecule has 1 N–H and O–H groups in total. The highest BCUT2D eigenvalue weighted by Crippen LogP contribution is 2.26. The van der Waals surface area contributed by atoms with E-state index in [0.717, 1.165) is 5.56 Å². The van der Waals surface area contributed by atoms with Gasteiger partial charge in [-0.25, -0.2) is 13.2 Å². The monoisotopic (exact) mass is 332 g/mol. The number of nitrogens with zero attached hydrogens (tertiary/aromatic N) is 1. The molecule has 0 saturated carbocycles. The number of amides is 2. The summed E-state index contributed by atoms with van der Waals surface area (Å²) in [5, 5.41) is 2.92. The predicted molar refractivity (Wildman–Crippen MR) is 87.7 cm³/mol. The van der Waals surface area contributed by atoms with Crippen molar-refractivity contribution in [2.75, 3.05) is 19.1 Å². The van der Waals surface area contributed by atoms with E-state index in [1.54, 1.807) is 25.3 Å². The molecule has 2 atom stereocenters. The summed E-state index contributed by atoms with van der Waals surface area (Å²) in [6.07, 6.45) is 1.18. The van der Waals surface area contributed by atoms with Crippen molar-refractivity contribution in [3.63, 3.8) is 0 Å². The summed E-state index contributed by atoms with van der Waals surface area (Å²) in [5.41, 5.74) is 1.11. The zero-order chi connectivity index (χ0) is 16.4. The molecule has 21 heavy (non-hydrogen) atoms. The van der Waals surface area contributed by atoms with Crippen molar-refractivity contribution >= 4 is 27.2 Å². The summed E-state index contributed by atoms with van der Waals surface area (Å²) >= 11 is 1.70. The highest BCUT2D eigenvalue weighted by Gasteiger charge is 2.22. The molecular weight excluding hydrogens is 308 g/mol. The molecule has 0 aromatic carbocycles. The van der Waals surface area contributed by atoms with Crippen molar-refractivity contribution in [2.24, 2.45) is 0 Å². The van der Waals surface area contributed by atoms with Crippen LogP contribution in [0.2, 0.25) is 0 Å². The molecule has 1 aromatic rings. The van der Waals surface area contributed by atoms with Crippen LogP contribution in [0.1, 0.15) is 35.2 Å². The van der Waals surface area contributed by atoms with Crippen molar-refractivity contribution in [3.05, 3.63) is 21.4 Å². The molecule has 1 rings (SSSR count). The number of aryl methyl sites for hydroxylation is 2. The van der Waals surface area contributed by atoms with E-state index in [-0.39, 0.29) is 23.9 Å². The molecule has 0 aliphatic rings. The second-order valence-corrected chi connectivity index (χ2v) is 9.24. The lowest BCUT2D eigenvalue weighted by molar-refractivity contribution is 0.195. The van der Waals surface area contributed by atoms with Crippen LogP contribution in [-0.4, -0.2) is 44.4 Å². The van der Waals surface area contributed by atoms with Crippen LogP contribution in [-0.2, 0) is 9.84 Å². The first-order valence-electron chi connectivity index (χ1n) is 6.79. The molecule has 0 spiro atoms. The van der Waals surface area contributed by atoms with Gasteiger partial charge in [-0.05, 0) is 39.3 Å². The van der Waals surface area contributed by atoms with Crippen LogP contribution in [0, 0.1) is 13.8 Å². The number of carbonyl (C=O) groups excluding carboxylic acids is 1. The van der Waals surface area contributed by atoms with Gasteiger partial charge < -0.3 is 10.2 Å². The van der Waals surface area contributed by atoms with E-state index in [1.807, 2.05) is 20.8 Å². The maximum absolute atomic E-state index is 12.2. The van der Waals surface area contributed by atoms with E-state index in [0.29, 0.717) is 0 Å². The van der Waals surface area contributed by atoms with Crippen LogP contribution >= 0.6 is 11.3 Å². The molecule has 2 amide bonds. The summed E-state index contributed by atoms with van der Waals surface area (Å²) in [6, 6.07) is 1.35. The Morgan fingerprint density at radius 2 is 1.95 bits per heavy atom. The number of rotatable bonds is 5. The second kappa shape index (κ2) is 6.79. The van der Waals surface area contributed by atoms with E-state index in [2.05, 4.69) is 11.4 Å². The molecule has 0 fully saturated rings. The van der Waals surface area contributed by atoms with E-state index < -0.39 is 9.84 Å². The Hall–Kier alpha value is -1.08. The molecule has 1 heterocycles. The fourth-order valence-corrected chi connectivity index (χ4v) is 4.32. The van der Waals surface area contributed by atoms with Gasteiger partial charge in [0.05, 0.1) is 11.8 Å². The van der Waals surface area contributed by atoms with Gasteiger partial charge in [0.15, 0.2) is 0 Å². The summed E-state index contributed by atoms with van der Waals surface area (Å²) in [7, 11) is -1.49. The van der Waals surface area contributed by atoms with Crippen LogP contribution in [0.25, 0.3) is 0 Å². The Morgan fingerprint density at radius 3 is 2.38 bits per heavy atom. The lowest BCUT2D eigenvalue weighted by atomic mass is 10.1. The van der Waals surface area contributed by atoms with E-state index >= 15 is 0 Å². The molecule has 7 heteroatoms. The van der Waals surface area contributed by atoms with E-state index in [1.165, 1.54) is 20.9 Å². The maximum Gasteiger partial charge on any atom is 0.317 e. The summed E-state index contributed by atoms with van der Waals surface area (Å²) in [4.78, 5) is 16.0. The van der Waals surface area contributed by atoms with Crippen LogP contribution in [0.3, 0.4) is 0 Å². The Labute approximate surface area is 131 Å². The summed E-state index contributed by atoms with van der Waals surface area (Å²) in [5.74, 6) is -0.0398. The number of hydrogen-bond acceptors (Lipinski definition) is 4. The zero-order valence-electron chi connectivity index (χ0n) is 13.4. The molecule has 0 radical (unpaired) electrons. The lowest BCUT2D eigenvalue weighted by Crippen LogP contribution is -2.45. The fourth-order valence-electron chi connectivity index (χ4n) is 2.20. The highest BCUT2D eigenvalue weighted by molar-refractivity contribution is 7.90. The number of hydrogen-bond donors (Lipinski definition) is 1. The molecule has 120 valence electrons. The SMILES string of the molecule is Cc1cc([C@@H](C)NC(=O)N(C)[C@H](C)CS(C)(=O)=O)c(C)s1. The van der Waals surface area contributed by atoms with Gasteiger partial charge in [0.1, 0.15) is 9.84 Å². The number of nitrogens with one attached hydrogen (secondary N) is 1. The van der Waals surface area contributed by atoms with E-state index in [9.17, 15) is 13.2 Å². The van der Waals surface area contributed by atoms with Crippen LogP contribution in [0.5, 0.6) is 0 Å². The second-order valence-electron chi connectivity index (χ2n) is 5.59. The molecule has 0 aliphatic carbocycles. The van der Waals surface area contributed by atoms with Crippen molar-refractivity contribution in [1.29, 1.82) is 0 Å². The van der Waals surface area contributed by atoms with Crippen molar-refractivity contribution in [3.8, 4) is 0 Å². The molecule has 0 bridgehead atoms. The Morgan fingerprint density at radius 1 is 1.38 bits per heavy atom. The van der Waals surface area contributed by atoms with Crippen molar-refractivity contribution in [2.45, 2.75) is 39.8 Å². The lowest BCUT2D eigenvalue weighted by Gasteiger charge is -2.26. The van der Waals surface area contributed by atoms with Gasteiger partial charge in [-0.15, -0.1) is 11.3 Å². The average Bonchev–Trinajstić information content (AvgIpc) is 2.65. The van der Waals surface area contributed by atoms with Crippen molar-refractivity contribution < 1.29 is 13.2 Å². The van der Waals surface area contributed by atoms with Crippen LogP contribution < -0.4 is 5.32 Å². The minimum absolute atomic E-state index is 0.0398. The quantitative estimate of drug-likeness (QED) is 0.901. The largest absolute Gasteiger partial charge is 0.331 e. The third-order valence-corrected chi connectivity index (χ3v) is 5.48. The molecule has 0 unspecified atom stereocenters. The van der Waals surface area contributed by atoms with E-state index in [4.69, 9.17) is 0 Å². The van der Waals surface area contributed by atoms with Gasteiger partial charge in [0.25, 0.3) is 0 Å². The molecular formula is C14H24N2O3S2. The first-order chi connectivity index (χ1) is 9.51. The Kier molecular flexibility index (Phi) is 5.81. The Bertz CT molecular complexity index is 608. The van der Waals surface area contributed by atoms with Gasteiger partial charge in [0.2, 0.25) is 0 Å². The normalized spacial score (nSPS) is 14.6. The topological polar surface area (TPSA) is 66.5 Å². The van der Waals surface area contributed by atoms with Gasteiger partial charge >= 0.3 is 6.03 Å². The van der Waals surface area contributed by atoms with Gasteiger partial charge in [0, 0.05) is 29.1 Å².